The molecule has 1 aliphatic rings. The Balaban J connectivity index is 2.06. The predicted octanol–water partition coefficient (Wildman–Crippen LogP) is 1.33. The Hall–Kier alpha value is -1.14. The van der Waals surface area contributed by atoms with Crippen molar-refractivity contribution in [2.24, 2.45) is 5.92 Å². The van der Waals surface area contributed by atoms with E-state index in [1.165, 1.54) is 11.8 Å². The molecular formula is C12H17N3O2S. The molecule has 0 radical (unpaired) electrons. The second-order valence-electron chi connectivity index (χ2n) is 4.63. The van der Waals surface area contributed by atoms with Crippen LogP contribution in [0.4, 0.5) is 0 Å². The van der Waals surface area contributed by atoms with Crippen molar-refractivity contribution in [1.29, 1.82) is 0 Å². The molecule has 1 aromatic heterocycles. The molecule has 1 heterocycles. The molecule has 1 unspecified atom stereocenters. The van der Waals surface area contributed by atoms with E-state index in [0.29, 0.717) is 10.9 Å². The first kappa shape index (κ1) is 13.3. The van der Waals surface area contributed by atoms with Crippen molar-refractivity contribution in [2.45, 2.75) is 30.5 Å². The number of aromatic nitrogens is 2. The Morgan fingerprint density at radius 1 is 1.56 bits per heavy atom. The molecule has 0 amide bonds. The lowest BCUT2D eigenvalue weighted by molar-refractivity contribution is -0.144. The van der Waals surface area contributed by atoms with Crippen LogP contribution in [0, 0.1) is 12.8 Å². The largest absolute Gasteiger partial charge is 0.480 e. The summed E-state index contributed by atoms with van der Waals surface area (Å²) in [5.74, 6) is -0.114. The molecule has 6 heteroatoms. The molecule has 2 N–H and O–H groups in total. The van der Waals surface area contributed by atoms with Gasteiger partial charge in [-0.3, -0.25) is 4.79 Å². The van der Waals surface area contributed by atoms with Crippen molar-refractivity contribution < 1.29 is 9.90 Å². The molecule has 0 aliphatic heterocycles. The fourth-order valence-electron chi connectivity index (χ4n) is 1.95. The van der Waals surface area contributed by atoms with Crippen LogP contribution in [0.3, 0.4) is 0 Å². The summed E-state index contributed by atoms with van der Waals surface area (Å²) in [6, 6.07) is 0. The Kier molecular flexibility index (Phi) is 3.87. The van der Waals surface area contributed by atoms with Crippen molar-refractivity contribution in [3.05, 3.63) is 18.0 Å². The van der Waals surface area contributed by atoms with Crippen LogP contribution in [-0.4, -0.2) is 39.4 Å². The van der Waals surface area contributed by atoms with Gasteiger partial charge in [0, 0.05) is 18.1 Å². The van der Waals surface area contributed by atoms with Crippen LogP contribution in [0.1, 0.15) is 18.4 Å². The lowest BCUT2D eigenvalue weighted by Crippen LogP contribution is -2.54. The van der Waals surface area contributed by atoms with Gasteiger partial charge in [-0.1, -0.05) is 11.8 Å². The average molecular weight is 267 g/mol. The third-order valence-electron chi connectivity index (χ3n) is 3.29. The number of thioether (sulfide) groups is 1. The lowest BCUT2D eigenvalue weighted by Gasteiger charge is -2.28. The van der Waals surface area contributed by atoms with Crippen LogP contribution in [0.25, 0.3) is 0 Å². The molecule has 98 valence electrons. The summed E-state index contributed by atoms with van der Waals surface area (Å²) in [5, 5.41) is 13.0. The zero-order valence-electron chi connectivity index (χ0n) is 10.5. The maximum Gasteiger partial charge on any atom is 0.325 e. The Bertz CT molecular complexity index is 433. The van der Waals surface area contributed by atoms with E-state index in [2.05, 4.69) is 15.3 Å². The summed E-state index contributed by atoms with van der Waals surface area (Å²) in [6.45, 7) is 1.92. The zero-order valence-corrected chi connectivity index (χ0v) is 11.3. The van der Waals surface area contributed by atoms with Crippen molar-refractivity contribution in [3.63, 3.8) is 0 Å². The van der Waals surface area contributed by atoms with E-state index in [-0.39, 0.29) is 5.92 Å². The highest BCUT2D eigenvalue weighted by Gasteiger charge is 2.50. The zero-order chi connectivity index (χ0) is 13.2. The molecular weight excluding hydrogens is 250 g/mol. The number of hydrogen-bond acceptors (Lipinski definition) is 5. The number of aryl methyl sites for hydroxylation is 1. The third kappa shape index (κ3) is 2.64. The molecule has 1 saturated carbocycles. The van der Waals surface area contributed by atoms with Crippen molar-refractivity contribution in [1.82, 2.24) is 15.3 Å². The number of rotatable bonds is 6. The predicted molar refractivity (Wildman–Crippen MR) is 69.6 cm³/mol. The minimum absolute atomic E-state index is 0.220. The molecule has 0 saturated heterocycles. The van der Waals surface area contributed by atoms with Crippen molar-refractivity contribution in [2.75, 3.05) is 12.8 Å². The van der Waals surface area contributed by atoms with E-state index < -0.39 is 11.5 Å². The number of hydrogen-bond donors (Lipinski definition) is 2. The highest BCUT2D eigenvalue weighted by molar-refractivity contribution is 7.99. The highest BCUT2D eigenvalue weighted by Crippen LogP contribution is 2.42. The first-order chi connectivity index (χ1) is 8.58. The number of nitrogens with one attached hydrogen (secondary N) is 1. The van der Waals surface area contributed by atoms with Gasteiger partial charge in [-0.15, -0.1) is 0 Å². The molecule has 1 aromatic rings. The standard InChI is InChI=1S/C12H17N3O2S/c1-8-5-14-11(15-6-8)18-7-12(13-2,10(16)17)9-3-4-9/h5-6,9,13H,3-4,7H2,1-2H3,(H,16,17). The molecule has 18 heavy (non-hydrogen) atoms. The number of likely N-dealkylation sites (N-methyl/N-ethyl adjacent to an activating group) is 1. The molecule has 1 fully saturated rings. The van der Waals surface area contributed by atoms with Gasteiger partial charge in [0.1, 0.15) is 5.54 Å². The van der Waals surface area contributed by atoms with Crippen LogP contribution in [0.2, 0.25) is 0 Å². The number of carboxylic acid groups (broad SMARTS) is 1. The van der Waals surface area contributed by atoms with Crippen LogP contribution < -0.4 is 5.32 Å². The van der Waals surface area contributed by atoms with Gasteiger partial charge in [0.15, 0.2) is 5.16 Å². The molecule has 0 aromatic carbocycles. The van der Waals surface area contributed by atoms with Gasteiger partial charge in [-0.2, -0.15) is 0 Å². The van der Waals surface area contributed by atoms with Crippen molar-refractivity contribution >= 4 is 17.7 Å². The molecule has 1 aliphatic carbocycles. The first-order valence-corrected chi connectivity index (χ1v) is 6.91. The lowest BCUT2D eigenvalue weighted by atomic mass is 9.96. The third-order valence-corrected chi connectivity index (χ3v) is 4.36. The molecule has 5 nitrogen and oxygen atoms in total. The quantitative estimate of drug-likeness (QED) is 0.598. The molecule has 1 atom stereocenters. The first-order valence-electron chi connectivity index (χ1n) is 5.92. The minimum Gasteiger partial charge on any atom is -0.480 e. The number of nitrogens with zero attached hydrogens (tertiary/aromatic N) is 2. The van der Waals surface area contributed by atoms with Crippen molar-refractivity contribution in [3.8, 4) is 0 Å². The van der Waals surface area contributed by atoms with Gasteiger partial charge in [0.05, 0.1) is 0 Å². The summed E-state index contributed by atoms with van der Waals surface area (Å²) in [5.41, 5.74) is 0.151. The smallest absolute Gasteiger partial charge is 0.325 e. The number of carbonyl (C=O) groups is 1. The van der Waals surface area contributed by atoms with E-state index in [9.17, 15) is 9.90 Å². The fourth-order valence-corrected chi connectivity index (χ4v) is 3.06. The van der Waals surface area contributed by atoms with Gasteiger partial charge >= 0.3 is 5.97 Å². The Morgan fingerprint density at radius 3 is 2.61 bits per heavy atom. The molecule has 0 spiro atoms. The number of aliphatic carboxylic acids is 1. The molecule has 0 bridgehead atoms. The Labute approximate surface area is 110 Å². The van der Waals surface area contributed by atoms with Gasteiger partial charge in [-0.25, -0.2) is 9.97 Å². The van der Waals surface area contributed by atoms with Crippen LogP contribution >= 0.6 is 11.8 Å². The van der Waals surface area contributed by atoms with Crippen LogP contribution in [0.15, 0.2) is 17.6 Å². The average Bonchev–Trinajstić information content (AvgIpc) is 3.17. The maximum absolute atomic E-state index is 11.5. The van der Waals surface area contributed by atoms with Gasteiger partial charge in [-0.05, 0) is 38.3 Å². The normalized spacial score (nSPS) is 18.3. The van der Waals surface area contributed by atoms with E-state index >= 15 is 0 Å². The SMILES string of the molecule is CNC(CSc1ncc(C)cn1)(C(=O)O)C1CC1. The van der Waals surface area contributed by atoms with Gasteiger partial charge < -0.3 is 10.4 Å². The molecule has 2 rings (SSSR count). The second kappa shape index (κ2) is 5.24. The topological polar surface area (TPSA) is 75.1 Å². The summed E-state index contributed by atoms with van der Waals surface area (Å²) >= 11 is 1.39. The van der Waals surface area contributed by atoms with Crippen LogP contribution in [0.5, 0.6) is 0 Å². The monoisotopic (exact) mass is 267 g/mol. The van der Waals surface area contributed by atoms with Gasteiger partial charge in [0.25, 0.3) is 0 Å². The summed E-state index contributed by atoms with van der Waals surface area (Å²) in [4.78, 5) is 19.9. The summed E-state index contributed by atoms with van der Waals surface area (Å²) in [6.07, 6.45) is 5.44. The van der Waals surface area contributed by atoms with E-state index in [1.54, 1.807) is 19.4 Å². The highest BCUT2D eigenvalue weighted by atomic mass is 32.2. The van der Waals surface area contributed by atoms with Crippen LogP contribution in [-0.2, 0) is 4.79 Å². The summed E-state index contributed by atoms with van der Waals surface area (Å²) < 4.78 is 0. The second-order valence-corrected chi connectivity index (χ2v) is 5.57. The Morgan fingerprint density at radius 2 is 2.17 bits per heavy atom. The minimum atomic E-state index is -0.848. The van der Waals surface area contributed by atoms with E-state index in [4.69, 9.17) is 0 Å². The maximum atomic E-state index is 11.5. The van der Waals surface area contributed by atoms with E-state index in [0.717, 1.165) is 18.4 Å². The number of carboxylic acids is 1. The van der Waals surface area contributed by atoms with Gasteiger partial charge in [0.2, 0.25) is 0 Å². The fraction of sp³-hybridized carbons (Fsp3) is 0.583. The summed E-state index contributed by atoms with van der Waals surface area (Å²) in [7, 11) is 1.71. The van der Waals surface area contributed by atoms with E-state index in [1.807, 2.05) is 6.92 Å².